The summed E-state index contributed by atoms with van der Waals surface area (Å²) >= 11 is 0. The van der Waals surface area contributed by atoms with Gasteiger partial charge in [0, 0.05) is 43.3 Å². The minimum atomic E-state index is -3.73. The summed E-state index contributed by atoms with van der Waals surface area (Å²) < 4.78 is 63.9. The molecule has 0 saturated carbocycles. The van der Waals surface area contributed by atoms with Crippen LogP contribution in [-0.2, 0) is 26.7 Å². The Bertz CT molecular complexity index is 1060. The number of hydrogen-bond acceptors (Lipinski definition) is 4. The van der Waals surface area contributed by atoms with Gasteiger partial charge in [0.2, 0.25) is 10.0 Å². The van der Waals surface area contributed by atoms with Gasteiger partial charge in [-0.1, -0.05) is 30.3 Å². The quantitative estimate of drug-likeness (QED) is 0.725. The maximum atomic E-state index is 15.2. The highest BCUT2D eigenvalue weighted by Crippen LogP contribution is 2.40. The maximum Gasteiger partial charge on any atom is 0.221 e. The van der Waals surface area contributed by atoms with Crippen LogP contribution in [0, 0.1) is 11.6 Å². The second-order valence-corrected chi connectivity index (χ2v) is 11.0. The summed E-state index contributed by atoms with van der Waals surface area (Å²) in [5.41, 5.74) is 6.31. The van der Waals surface area contributed by atoms with Gasteiger partial charge in [-0.3, -0.25) is 0 Å². The standard InChI is InChI=1S/C24H30F2N2O3S/c1-17-7-8-23(18-5-3-2-4-6-18)32(29,30)28(17)15-19-13-22(26)20(14-21(19)25)24(16-27)9-11-31-12-10-24/h2-6,13-14,17,23H,7-12,15-16,27H2,1H3/t17-,23+/m0/s1. The van der Waals surface area contributed by atoms with E-state index in [2.05, 4.69) is 0 Å². The zero-order valence-corrected chi connectivity index (χ0v) is 19.1. The van der Waals surface area contributed by atoms with Crippen LogP contribution in [0.4, 0.5) is 8.78 Å². The van der Waals surface area contributed by atoms with Gasteiger partial charge >= 0.3 is 0 Å². The Morgan fingerprint density at radius 2 is 1.78 bits per heavy atom. The summed E-state index contributed by atoms with van der Waals surface area (Å²) in [6.45, 7) is 2.71. The zero-order valence-electron chi connectivity index (χ0n) is 18.3. The molecule has 0 unspecified atom stereocenters. The molecule has 2 aliphatic rings. The van der Waals surface area contributed by atoms with Gasteiger partial charge in [-0.2, -0.15) is 4.31 Å². The molecule has 2 saturated heterocycles. The van der Waals surface area contributed by atoms with E-state index in [1.54, 1.807) is 12.1 Å². The Kier molecular flexibility index (Phi) is 6.68. The number of nitrogens with zero attached hydrogens (tertiary/aromatic N) is 1. The van der Waals surface area contributed by atoms with Crippen LogP contribution in [0.3, 0.4) is 0 Å². The molecule has 0 aromatic heterocycles. The van der Waals surface area contributed by atoms with Gasteiger partial charge in [-0.05, 0) is 55.9 Å². The molecule has 0 amide bonds. The maximum absolute atomic E-state index is 15.2. The van der Waals surface area contributed by atoms with Crippen molar-refractivity contribution in [3.05, 3.63) is 70.8 Å². The van der Waals surface area contributed by atoms with E-state index in [-0.39, 0.29) is 30.3 Å². The van der Waals surface area contributed by atoms with Crippen LogP contribution in [0.15, 0.2) is 42.5 Å². The topological polar surface area (TPSA) is 72.6 Å². The summed E-state index contributed by atoms with van der Waals surface area (Å²) in [6, 6.07) is 11.1. The molecule has 2 atom stereocenters. The molecule has 4 rings (SSSR count). The summed E-state index contributed by atoms with van der Waals surface area (Å²) in [5.74, 6) is -1.15. The first-order chi connectivity index (χ1) is 15.3. The van der Waals surface area contributed by atoms with Crippen molar-refractivity contribution in [2.45, 2.75) is 55.9 Å². The highest BCUT2D eigenvalue weighted by Gasteiger charge is 2.41. The summed E-state index contributed by atoms with van der Waals surface area (Å²) in [7, 11) is -3.73. The van der Waals surface area contributed by atoms with Gasteiger partial charge in [0.25, 0.3) is 0 Å². The van der Waals surface area contributed by atoms with Crippen LogP contribution < -0.4 is 5.73 Å². The fourth-order valence-corrected chi connectivity index (χ4v) is 7.17. The molecule has 2 fully saturated rings. The van der Waals surface area contributed by atoms with Gasteiger partial charge < -0.3 is 10.5 Å². The summed E-state index contributed by atoms with van der Waals surface area (Å²) in [5, 5.41) is -0.685. The van der Waals surface area contributed by atoms with Crippen molar-refractivity contribution < 1.29 is 21.9 Å². The van der Waals surface area contributed by atoms with Crippen LogP contribution in [0.5, 0.6) is 0 Å². The molecular weight excluding hydrogens is 434 g/mol. The van der Waals surface area contributed by atoms with Crippen LogP contribution in [0.25, 0.3) is 0 Å². The third-order valence-electron chi connectivity index (χ3n) is 7.07. The minimum absolute atomic E-state index is 0.0367. The van der Waals surface area contributed by atoms with Crippen LogP contribution in [0.1, 0.15) is 54.5 Å². The lowest BCUT2D eigenvalue weighted by molar-refractivity contribution is 0.0516. The summed E-state index contributed by atoms with van der Waals surface area (Å²) in [4.78, 5) is 0. The first-order valence-corrected chi connectivity index (χ1v) is 12.6. The monoisotopic (exact) mass is 464 g/mol. The highest BCUT2D eigenvalue weighted by molar-refractivity contribution is 7.89. The average Bonchev–Trinajstić information content (AvgIpc) is 2.79. The molecule has 0 spiro atoms. The minimum Gasteiger partial charge on any atom is -0.381 e. The SMILES string of the molecule is C[C@H]1CC[C@H](c2ccccc2)S(=O)(=O)N1Cc1cc(F)c(C2(CN)CCOCC2)cc1F. The Balaban J connectivity index is 1.65. The first kappa shape index (κ1) is 23.3. The van der Waals surface area contributed by atoms with Crippen molar-refractivity contribution in [3.63, 3.8) is 0 Å². The van der Waals surface area contributed by atoms with Crippen LogP contribution >= 0.6 is 0 Å². The molecule has 2 heterocycles. The predicted octanol–water partition coefficient (Wildman–Crippen LogP) is 4.03. The molecule has 0 bridgehead atoms. The lowest BCUT2D eigenvalue weighted by atomic mass is 9.73. The fourth-order valence-electron chi connectivity index (χ4n) is 4.98. The number of benzene rings is 2. The Morgan fingerprint density at radius 1 is 1.09 bits per heavy atom. The molecule has 0 aliphatic carbocycles. The molecule has 2 aromatic carbocycles. The predicted molar refractivity (Wildman–Crippen MR) is 119 cm³/mol. The van der Waals surface area contributed by atoms with Crippen molar-refractivity contribution in [2.75, 3.05) is 19.8 Å². The van der Waals surface area contributed by atoms with Crippen molar-refractivity contribution in [1.29, 1.82) is 0 Å². The van der Waals surface area contributed by atoms with E-state index >= 15 is 8.78 Å². The van der Waals surface area contributed by atoms with Gasteiger partial charge in [0.1, 0.15) is 16.9 Å². The lowest BCUT2D eigenvalue weighted by Crippen LogP contribution is -2.45. The van der Waals surface area contributed by atoms with E-state index in [1.807, 2.05) is 25.1 Å². The highest BCUT2D eigenvalue weighted by atomic mass is 32.2. The molecular formula is C24H30F2N2O3S. The second kappa shape index (κ2) is 9.17. The second-order valence-electron chi connectivity index (χ2n) is 8.94. The summed E-state index contributed by atoms with van der Waals surface area (Å²) in [6.07, 6.45) is 2.20. The largest absolute Gasteiger partial charge is 0.381 e. The lowest BCUT2D eigenvalue weighted by Gasteiger charge is -2.38. The van der Waals surface area contributed by atoms with E-state index < -0.39 is 32.3 Å². The van der Waals surface area contributed by atoms with Crippen molar-refractivity contribution >= 4 is 10.0 Å². The number of ether oxygens (including phenoxy) is 1. The van der Waals surface area contributed by atoms with Gasteiger partial charge in [0.05, 0.1) is 0 Å². The number of rotatable bonds is 5. The molecule has 5 nitrogen and oxygen atoms in total. The Morgan fingerprint density at radius 3 is 2.44 bits per heavy atom. The van der Waals surface area contributed by atoms with Crippen LogP contribution in [0.2, 0.25) is 0 Å². The number of hydrogen-bond donors (Lipinski definition) is 1. The van der Waals surface area contributed by atoms with Crippen molar-refractivity contribution in [3.8, 4) is 0 Å². The van der Waals surface area contributed by atoms with E-state index in [4.69, 9.17) is 10.5 Å². The number of halogens is 2. The normalized spacial score (nSPS) is 25.5. The number of sulfonamides is 1. The fraction of sp³-hybridized carbons (Fsp3) is 0.500. The molecule has 2 aliphatic heterocycles. The smallest absolute Gasteiger partial charge is 0.221 e. The molecule has 32 heavy (non-hydrogen) atoms. The van der Waals surface area contributed by atoms with Crippen LogP contribution in [-0.4, -0.2) is 38.5 Å². The van der Waals surface area contributed by atoms with Gasteiger partial charge in [-0.15, -0.1) is 0 Å². The van der Waals surface area contributed by atoms with E-state index in [9.17, 15) is 8.42 Å². The Hall–Kier alpha value is -1.87. The van der Waals surface area contributed by atoms with Gasteiger partial charge in [0.15, 0.2) is 0 Å². The van der Waals surface area contributed by atoms with E-state index in [1.165, 1.54) is 10.4 Å². The van der Waals surface area contributed by atoms with Crippen molar-refractivity contribution in [1.82, 2.24) is 4.31 Å². The Labute approximate surface area is 188 Å². The molecule has 8 heteroatoms. The molecule has 2 aromatic rings. The molecule has 2 N–H and O–H groups in total. The van der Waals surface area contributed by atoms with Gasteiger partial charge in [-0.25, -0.2) is 17.2 Å². The first-order valence-electron chi connectivity index (χ1n) is 11.1. The average molecular weight is 465 g/mol. The van der Waals surface area contributed by atoms with E-state index in [0.29, 0.717) is 38.9 Å². The van der Waals surface area contributed by atoms with Crippen molar-refractivity contribution in [2.24, 2.45) is 5.73 Å². The third kappa shape index (κ3) is 4.21. The molecule has 0 radical (unpaired) electrons. The molecule has 174 valence electrons. The zero-order chi connectivity index (χ0) is 22.9. The third-order valence-corrected chi connectivity index (χ3v) is 9.44. The number of nitrogens with two attached hydrogens (primary N) is 1. The van der Waals surface area contributed by atoms with E-state index in [0.717, 1.165) is 11.6 Å².